The van der Waals surface area contributed by atoms with Gasteiger partial charge in [0.15, 0.2) is 0 Å². The third-order valence-electron chi connectivity index (χ3n) is 2.75. The van der Waals surface area contributed by atoms with Gasteiger partial charge in [0.05, 0.1) is 18.5 Å². The van der Waals surface area contributed by atoms with Crippen LogP contribution in [0.4, 0.5) is 21.5 Å². The molecule has 0 aliphatic carbocycles. The van der Waals surface area contributed by atoms with Crippen molar-refractivity contribution in [2.75, 3.05) is 18.2 Å². The summed E-state index contributed by atoms with van der Waals surface area (Å²) >= 11 is 0. The Hall–Kier alpha value is -2.32. The van der Waals surface area contributed by atoms with Gasteiger partial charge in [-0.1, -0.05) is 0 Å². The number of halogens is 1. The molecule has 112 valence electrons. The molecule has 0 aliphatic heterocycles. The molecule has 0 aliphatic rings. The average Bonchev–Trinajstić information content (AvgIpc) is 2.41. The van der Waals surface area contributed by atoms with Crippen LogP contribution < -0.4 is 20.9 Å². The molecule has 2 aromatic rings. The number of nitrogens with one attached hydrogen (secondary N) is 1. The summed E-state index contributed by atoms with van der Waals surface area (Å²) in [5.41, 5.74) is 6.45. The monoisotopic (exact) mass is 311 g/mol. The average molecular weight is 311 g/mol. The molecular formula is C13H14FN3O3S. The molecule has 0 spiro atoms. The third kappa shape index (κ3) is 3.41. The fourth-order valence-corrected chi connectivity index (χ4v) is 2.52. The predicted octanol–water partition coefficient (Wildman–Crippen LogP) is 1.81. The molecule has 2 aromatic carbocycles. The summed E-state index contributed by atoms with van der Waals surface area (Å²) in [7, 11) is -2.58. The second kappa shape index (κ2) is 5.58. The lowest BCUT2D eigenvalue weighted by molar-refractivity contribution is 0.413. The van der Waals surface area contributed by atoms with E-state index >= 15 is 0 Å². The Labute approximate surface area is 121 Å². The highest BCUT2D eigenvalue weighted by atomic mass is 32.2. The lowest BCUT2D eigenvalue weighted by Crippen LogP contribution is -2.14. The van der Waals surface area contributed by atoms with Gasteiger partial charge in [0.25, 0.3) is 0 Å². The van der Waals surface area contributed by atoms with Crippen molar-refractivity contribution in [3.63, 3.8) is 0 Å². The number of ether oxygens (including phenoxy) is 1. The highest BCUT2D eigenvalue weighted by Gasteiger charge is 2.16. The number of nitrogens with two attached hydrogens (primary N) is 2. The number of methoxy groups -OCH3 is 1. The number of anilines is 3. The Bertz CT molecular complexity index is 778. The van der Waals surface area contributed by atoms with E-state index in [2.05, 4.69) is 5.32 Å². The van der Waals surface area contributed by atoms with Crippen LogP contribution in [0.1, 0.15) is 0 Å². The van der Waals surface area contributed by atoms with Gasteiger partial charge in [-0.2, -0.15) is 0 Å². The van der Waals surface area contributed by atoms with Crippen molar-refractivity contribution < 1.29 is 17.5 Å². The van der Waals surface area contributed by atoms with Crippen molar-refractivity contribution in [3.05, 3.63) is 42.2 Å². The van der Waals surface area contributed by atoms with E-state index in [-0.39, 0.29) is 22.0 Å². The van der Waals surface area contributed by atoms with Gasteiger partial charge in [0, 0.05) is 11.8 Å². The summed E-state index contributed by atoms with van der Waals surface area (Å²) in [6.07, 6.45) is 0. The number of benzene rings is 2. The van der Waals surface area contributed by atoms with E-state index < -0.39 is 15.8 Å². The zero-order chi connectivity index (χ0) is 15.6. The molecule has 0 aromatic heterocycles. The number of primary sulfonamides is 1. The van der Waals surface area contributed by atoms with Crippen LogP contribution in [-0.2, 0) is 10.0 Å². The van der Waals surface area contributed by atoms with Gasteiger partial charge < -0.3 is 15.8 Å². The first-order valence-corrected chi connectivity index (χ1v) is 7.39. The van der Waals surface area contributed by atoms with Crippen molar-refractivity contribution in [1.82, 2.24) is 0 Å². The summed E-state index contributed by atoms with van der Waals surface area (Å²) in [6.45, 7) is 0. The molecule has 21 heavy (non-hydrogen) atoms. The van der Waals surface area contributed by atoms with Crippen molar-refractivity contribution in [2.45, 2.75) is 4.90 Å². The lowest BCUT2D eigenvalue weighted by atomic mass is 10.2. The highest BCUT2D eigenvalue weighted by Crippen LogP contribution is 2.31. The normalized spacial score (nSPS) is 11.2. The molecule has 0 heterocycles. The van der Waals surface area contributed by atoms with Gasteiger partial charge in [-0.25, -0.2) is 17.9 Å². The Morgan fingerprint density at radius 2 is 1.81 bits per heavy atom. The van der Waals surface area contributed by atoms with Gasteiger partial charge in [0.2, 0.25) is 10.0 Å². The third-order valence-corrected chi connectivity index (χ3v) is 3.70. The second-order valence-electron chi connectivity index (χ2n) is 4.27. The quantitative estimate of drug-likeness (QED) is 0.746. The minimum absolute atomic E-state index is 0.158. The van der Waals surface area contributed by atoms with E-state index in [9.17, 15) is 12.8 Å². The van der Waals surface area contributed by atoms with Crippen molar-refractivity contribution in [3.8, 4) is 5.75 Å². The summed E-state index contributed by atoms with van der Waals surface area (Å²) in [5, 5.41) is 8.01. The van der Waals surface area contributed by atoms with Gasteiger partial charge in [-0.05, 0) is 30.3 Å². The van der Waals surface area contributed by atoms with Crippen LogP contribution in [0, 0.1) is 5.82 Å². The minimum atomic E-state index is -3.96. The van der Waals surface area contributed by atoms with E-state index in [1.807, 2.05) is 0 Å². The first-order chi connectivity index (χ1) is 9.81. The van der Waals surface area contributed by atoms with Crippen LogP contribution in [0.5, 0.6) is 5.75 Å². The first kappa shape index (κ1) is 15.1. The number of rotatable bonds is 4. The van der Waals surface area contributed by atoms with Crippen LogP contribution in [0.3, 0.4) is 0 Å². The van der Waals surface area contributed by atoms with E-state index in [1.54, 1.807) is 0 Å². The molecule has 8 heteroatoms. The number of nitrogen functional groups attached to an aromatic ring is 1. The highest BCUT2D eigenvalue weighted by molar-refractivity contribution is 7.89. The largest absolute Gasteiger partial charge is 0.494 e. The topological polar surface area (TPSA) is 107 Å². The van der Waals surface area contributed by atoms with E-state index in [4.69, 9.17) is 15.6 Å². The predicted molar refractivity (Wildman–Crippen MR) is 78.5 cm³/mol. The Kier molecular flexibility index (Phi) is 4.01. The molecule has 2 rings (SSSR count). The van der Waals surface area contributed by atoms with Gasteiger partial charge in [0.1, 0.15) is 16.5 Å². The number of sulfonamides is 1. The van der Waals surface area contributed by atoms with Crippen LogP contribution >= 0.6 is 0 Å². The zero-order valence-corrected chi connectivity index (χ0v) is 11.9. The second-order valence-corrected chi connectivity index (χ2v) is 5.80. The SMILES string of the molecule is COc1cc(F)ccc1Nc1ccc(N)cc1S(N)(=O)=O. The molecule has 6 nitrogen and oxygen atoms in total. The molecule has 0 saturated heterocycles. The molecule has 0 amide bonds. The lowest BCUT2D eigenvalue weighted by Gasteiger charge is -2.14. The maximum atomic E-state index is 13.2. The molecule has 0 fully saturated rings. The van der Waals surface area contributed by atoms with Crippen molar-refractivity contribution in [1.29, 1.82) is 0 Å². The maximum absolute atomic E-state index is 13.2. The zero-order valence-electron chi connectivity index (χ0n) is 11.1. The van der Waals surface area contributed by atoms with Crippen LogP contribution in [0.15, 0.2) is 41.3 Å². The summed E-state index contributed by atoms with van der Waals surface area (Å²) < 4.78 is 41.4. The molecule has 0 radical (unpaired) electrons. The Morgan fingerprint density at radius 1 is 1.14 bits per heavy atom. The van der Waals surface area contributed by atoms with Gasteiger partial charge in [-0.15, -0.1) is 0 Å². The van der Waals surface area contributed by atoms with Crippen LogP contribution in [0.2, 0.25) is 0 Å². The fraction of sp³-hybridized carbons (Fsp3) is 0.0769. The van der Waals surface area contributed by atoms with Crippen LogP contribution in [0.25, 0.3) is 0 Å². The standard InChI is InChI=1S/C13H14FN3O3S/c1-20-12-6-8(14)2-4-10(12)17-11-5-3-9(15)7-13(11)21(16,18)19/h2-7,17H,15H2,1H3,(H2,16,18,19). The molecule has 0 unspecified atom stereocenters. The maximum Gasteiger partial charge on any atom is 0.240 e. The number of hydrogen-bond acceptors (Lipinski definition) is 5. The van der Waals surface area contributed by atoms with Gasteiger partial charge >= 0.3 is 0 Å². The summed E-state index contributed by atoms with van der Waals surface area (Å²) in [4.78, 5) is -0.158. The molecule has 0 bridgehead atoms. The fourth-order valence-electron chi connectivity index (χ4n) is 1.79. The minimum Gasteiger partial charge on any atom is -0.494 e. The van der Waals surface area contributed by atoms with E-state index in [0.717, 1.165) is 0 Å². The van der Waals surface area contributed by atoms with E-state index in [0.29, 0.717) is 5.69 Å². The van der Waals surface area contributed by atoms with E-state index in [1.165, 1.54) is 43.5 Å². The molecular weight excluding hydrogens is 297 g/mol. The first-order valence-electron chi connectivity index (χ1n) is 5.84. The molecule has 0 atom stereocenters. The Balaban J connectivity index is 2.50. The number of hydrogen-bond donors (Lipinski definition) is 3. The van der Waals surface area contributed by atoms with Crippen molar-refractivity contribution in [2.24, 2.45) is 5.14 Å². The van der Waals surface area contributed by atoms with Crippen molar-refractivity contribution >= 4 is 27.1 Å². The summed E-state index contributed by atoms with van der Waals surface area (Å²) in [5.74, 6) is -0.242. The Morgan fingerprint density at radius 3 is 2.43 bits per heavy atom. The van der Waals surface area contributed by atoms with Crippen LogP contribution in [-0.4, -0.2) is 15.5 Å². The molecule has 0 saturated carbocycles. The van der Waals surface area contributed by atoms with Gasteiger partial charge in [-0.3, -0.25) is 0 Å². The summed E-state index contributed by atoms with van der Waals surface area (Å²) in [6, 6.07) is 8.06. The smallest absolute Gasteiger partial charge is 0.240 e. The molecule has 5 N–H and O–H groups in total.